The van der Waals surface area contributed by atoms with Crippen LogP contribution in [-0.4, -0.2) is 16.8 Å². The van der Waals surface area contributed by atoms with Gasteiger partial charge in [0.15, 0.2) is 0 Å². The molecule has 0 fully saturated rings. The van der Waals surface area contributed by atoms with Crippen LogP contribution in [0.25, 0.3) is 0 Å². The molecule has 2 heterocycles. The van der Waals surface area contributed by atoms with Crippen molar-refractivity contribution in [2.24, 2.45) is 0 Å². The van der Waals surface area contributed by atoms with E-state index in [9.17, 15) is 9.59 Å². The van der Waals surface area contributed by atoms with Gasteiger partial charge in [-0.1, -0.05) is 35.3 Å². The minimum atomic E-state index is -0.360. The van der Waals surface area contributed by atoms with E-state index in [1.54, 1.807) is 49.4 Å². The Morgan fingerprint density at radius 2 is 1.93 bits per heavy atom. The number of nitrogens with one attached hydrogen (secondary N) is 2. The number of carbonyl (C=O) groups excluding carboxylic acids is 2. The molecule has 28 heavy (non-hydrogen) atoms. The van der Waals surface area contributed by atoms with Crippen molar-refractivity contribution in [3.63, 3.8) is 0 Å². The van der Waals surface area contributed by atoms with Gasteiger partial charge in [-0.2, -0.15) is 0 Å². The smallest absolute Gasteiger partial charge is 0.253 e. The molecule has 0 radical (unpaired) electrons. The number of anilines is 1. The summed E-state index contributed by atoms with van der Waals surface area (Å²) in [6.45, 7) is 2.01. The average Bonchev–Trinajstić information content (AvgIpc) is 3.17. The highest BCUT2D eigenvalue weighted by Crippen LogP contribution is 2.25. The molecule has 0 spiro atoms. The summed E-state index contributed by atoms with van der Waals surface area (Å²) in [6.07, 6.45) is 1.47. The van der Waals surface area contributed by atoms with Gasteiger partial charge in [-0.3, -0.25) is 9.59 Å². The SMILES string of the molecule is Cc1cc(Cl)c(CC(=O)Nc2ccccc2C(=O)NCc2ccco2)c(Cl)n1. The summed E-state index contributed by atoms with van der Waals surface area (Å²) in [7, 11) is 0. The molecule has 2 N–H and O–H groups in total. The van der Waals surface area contributed by atoms with E-state index < -0.39 is 0 Å². The minimum Gasteiger partial charge on any atom is -0.467 e. The lowest BCUT2D eigenvalue weighted by atomic mass is 10.1. The number of amides is 2. The maximum Gasteiger partial charge on any atom is 0.253 e. The fraction of sp³-hybridized carbons (Fsp3) is 0.150. The molecule has 2 aromatic heterocycles. The van der Waals surface area contributed by atoms with Crippen molar-refractivity contribution in [3.8, 4) is 0 Å². The van der Waals surface area contributed by atoms with Gasteiger partial charge >= 0.3 is 0 Å². The molecule has 0 aliphatic carbocycles. The van der Waals surface area contributed by atoms with Gasteiger partial charge in [0.2, 0.25) is 5.91 Å². The number of hydrogen-bond acceptors (Lipinski definition) is 4. The van der Waals surface area contributed by atoms with Crippen LogP contribution in [0.2, 0.25) is 10.2 Å². The van der Waals surface area contributed by atoms with Crippen molar-refractivity contribution in [2.75, 3.05) is 5.32 Å². The molecule has 2 amide bonds. The van der Waals surface area contributed by atoms with Crippen molar-refractivity contribution >= 4 is 40.7 Å². The molecular weight excluding hydrogens is 401 g/mol. The number of rotatable bonds is 6. The molecule has 0 saturated carbocycles. The van der Waals surface area contributed by atoms with E-state index in [0.29, 0.717) is 33.3 Å². The summed E-state index contributed by atoms with van der Waals surface area (Å²) in [4.78, 5) is 29.1. The predicted octanol–water partition coefficient (Wildman–Crippen LogP) is 4.40. The number of aromatic nitrogens is 1. The summed E-state index contributed by atoms with van der Waals surface area (Å²) < 4.78 is 5.20. The van der Waals surface area contributed by atoms with Gasteiger partial charge in [0.1, 0.15) is 10.9 Å². The first-order valence-corrected chi connectivity index (χ1v) is 9.20. The Kier molecular flexibility index (Phi) is 6.34. The lowest BCUT2D eigenvalue weighted by Gasteiger charge is -2.12. The van der Waals surface area contributed by atoms with E-state index >= 15 is 0 Å². The van der Waals surface area contributed by atoms with Crippen LogP contribution in [0.1, 0.15) is 27.4 Å². The van der Waals surface area contributed by atoms with Crippen molar-refractivity contribution < 1.29 is 14.0 Å². The molecule has 144 valence electrons. The van der Waals surface area contributed by atoms with Crippen molar-refractivity contribution in [2.45, 2.75) is 19.9 Å². The van der Waals surface area contributed by atoms with E-state index in [0.717, 1.165) is 0 Å². The third kappa shape index (κ3) is 4.91. The fourth-order valence-electron chi connectivity index (χ4n) is 2.60. The topological polar surface area (TPSA) is 84.2 Å². The average molecular weight is 418 g/mol. The van der Waals surface area contributed by atoms with E-state index in [-0.39, 0.29) is 29.9 Å². The zero-order valence-corrected chi connectivity index (χ0v) is 16.5. The largest absolute Gasteiger partial charge is 0.467 e. The first-order chi connectivity index (χ1) is 13.4. The van der Waals surface area contributed by atoms with Gasteiger partial charge in [-0.25, -0.2) is 4.98 Å². The standard InChI is InChI=1S/C20H17Cl2N3O3/c1-12-9-16(21)15(19(22)24-12)10-18(26)25-17-7-3-2-6-14(17)20(27)23-11-13-5-4-8-28-13/h2-9H,10-11H2,1H3,(H,23,27)(H,25,26). The highest BCUT2D eigenvalue weighted by molar-refractivity contribution is 6.35. The summed E-state index contributed by atoms with van der Waals surface area (Å²) in [5.74, 6) is -0.0628. The van der Waals surface area contributed by atoms with E-state index in [4.69, 9.17) is 27.6 Å². The molecular formula is C20H17Cl2N3O3. The molecule has 8 heteroatoms. The Hall–Kier alpha value is -2.83. The van der Waals surface area contributed by atoms with Gasteiger partial charge in [-0.05, 0) is 37.3 Å². The first kappa shape index (κ1) is 19.9. The van der Waals surface area contributed by atoms with E-state index in [2.05, 4.69) is 15.6 Å². The quantitative estimate of drug-likeness (QED) is 0.582. The highest BCUT2D eigenvalue weighted by atomic mass is 35.5. The van der Waals surface area contributed by atoms with Crippen molar-refractivity contribution in [1.82, 2.24) is 10.3 Å². The number of para-hydroxylation sites is 1. The Morgan fingerprint density at radius 1 is 1.14 bits per heavy atom. The van der Waals surface area contributed by atoms with Crippen LogP contribution in [0.4, 0.5) is 5.69 Å². The van der Waals surface area contributed by atoms with Crippen LogP contribution in [0.5, 0.6) is 0 Å². The Morgan fingerprint density at radius 3 is 2.64 bits per heavy atom. The molecule has 0 atom stereocenters. The first-order valence-electron chi connectivity index (χ1n) is 8.45. The monoisotopic (exact) mass is 417 g/mol. The zero-order chi connectivity index (χ0) is 20.1. The molecule has 0 bridgehead atoms. The normalized spacial score (nSPS) is 10.5. The fourth-order valence-corrected chi connectivity index (χ4v) is 3.27. The summed E-state index contributed by atoms with van der Waals surface area (Å²) in [5.41, 5.74) is 1.82. The predicted molar refractivity (Wildman–Crippen MR) is 108 cm³/mol. The number of hydrogen-bond donors (Lipinski definition) is 2. The lowest BCUT2D eigenvalue weighted by Crippen LogP contribution is -2.25. The van der Waals surface area contributed by atoms with E-state index in [1.165, 1.54) is 6.26 Å². The number of pyridine rings is 1. The number of carbonyl (C=O) groups is 2. The molecule has 0 aliphatic heterocycles. The number of furan rings is 1. The van der Waals surface area contributed by atoms with Crippen molar-refractivity contribution in [3.05, 3.63) is 81.5 Å². The lowest BCUT2D eigenvalue weighted by molar-refractivity contribution is -0.115. The van der Waals surface area contributed by atoms with Gasteiger partial charge in [0.05, 0.1) is 30.5 Å². The van der Waals surface area contributed by atoms with Crippen LogP contribution in [-0.2, 0) is 17.8 Å². The third-order valence-electron chi connectivity index (χ3n) is 3.93. The second kappa shape index (κ2) is 8.91. The Bertz CT molecular complexity index is 981. The van der Waals surface area contributed by atoms with Gasteiger partial charge < -0.3 is 15.1 Å². The third-order valence-corrected chi connectivity index (χ3v) is 4.58. The number of benzene rings is 1. The minimum absolute atomic E-state index is 0.0622. The second-order valence-corrected chi connectivity index (χ2v) is 6.81. The van der Waals surface area contributed by atoms with Crippen LogP contribution < -0.4 is 10.6 Å². The molecule has 0 saturated heterocycles. The zero-order valence-electron chi connectivity index (χ0n) is 15.0. The summed E-state index contributed by atoms with van der Waals surface area (Å²) >= 11 is 12.3. The van der Waals surface area contributed by atoms with E-state index in [1.807, 2.05) is 0 Å². The maximum absolute atomic E-state index is 12.5. The molecule has 0 aliphatic rings. The number of aryl methyl sites for hydroxylation is 1. The number of nitrogens with zero attached hydrogens (tertiary/aromatic N) is 1. The molecule has 0 unspecified atom stereocenters. The number of halogens is 2. The molecule has 3 rings (SSSR count). The van der Waals surface area contributed by atoms with Crippen LogP contribution >= 0.6 is 23.2 Å². The van der Waals surface area contributed by atoms with Crippen LogP contribution in [0, 0.1) is 6.92 Å². The Balaban J connectivity index is 1.70. The maximum atomic E-state index is 12.5. The summed E-state index contributed by atoms with van der Waals surface area (Å²) in [6, 6.07) is 11.9. The Labute approximate surface area is 171 Å². The van der Waals surface area contributed by atoms with Gasteiger partial charge in [0, 0.05) is 16.3 Å². The van der Waals surface area contributed by atoms with Crippen LogP contribution in [0.15, 0.2) is 53.1 Å². The second-order valence-electron chi connectivity index (χ2n) is 6.05. The molecule has 1 aromatic carbocycles. The van der Waals surface area contributed by atoms with Gasteiger partial charge in [-0.15, -0.1) is 0 Å². The van der Waals surface area contributed by atoms with Gasteiger partial charge in [0.25, 0.3) is 5.91 Å². The van der Waals surface area contributed by atoms with Crippen LogP contribution in [0.3, 0.4) is 0 Å². The highest BCUT2D eigenvalue weighted by Gasteiger charge is 2.16. The van der Waals surface area contributed by atoms with Crippen molar-refractivity contribution in [1.29, 1.82) is 0 Å². The summed E-state index contributed by atoms with van der Waals surface area (Å²) in [5, 5.41) is 6.04. The molecule has 6 nitrogen and oxygen atoms in total. The molecule has 3 aromatic rings.